The van der Waals surface area contributed by atoms with Gasteiger partial charge in [-0.05, 0) is 61.0 Å². The molecule has 3 rings (SSSR count). The second-order valence-corrected chi connectivity index (χ2v) is 7.96. The largest absolute Gasteiger partial charge is 0.325 e. The number of sulfonamides is 1. The maximum absolute atomic E-state index is 13.3. The van der Waals surface area contributed by atoms with E-state index in [1.54, 1.807) is 18.2 Å². The van der Waals surface area contributed by atoms with E-state index in [4.69, 9.17) is 0 Å². The molecule has 1 N–H and O–H groups in total. The molecule has 0 bridgehead atoms. The lowest BCUT2D eigenvalue weighted by molar-refractivity contribution is -0.114. The SMILES string of the molecule is Cc1cccc(NC(=O)CN(c2ccc(F)cc2)S(=O)(=O)c2cccnc2)c1. The van der Waals surface area contributed by atoms with E-state index in [1.807, 2.05) is 13.0 Å². The lowest BCUT2D eigenvalue weighted by atomic mass is 10.2. The maximum Gasteiger partial charge on any atom is 0.266 e. The number of carbonyl (C=O) groups excluding carboxylic acids is 1. The number of carbonyl (C=O) groups is 1. The van der Waals surface area contributed by atoms with Crippen molar-refractivity contribution in [3.05, 3.63) is 84.4 Å². The second kappa shape index (κ2) is 8.18. The molecule has 2 aromatic carbocycles. The molecule has 0 fully saturated rings. The molecule has 1 aromatic heterocycles. The van der Waals surface area contributed by atoms with Crippen LogP contribution in [-0.2, 0) is 14.8 Å². The second-order valence-electron chi connectivity index (χ2n) is 6.09. The lowest BCUT2D eigenvalue weighted by Crippen LogP contribution is -2.38. The van der Waals surface area contributed by atoms with Gasteiger partial charge in [-0.2, -0.15) is 0 Å². The Morgan fingerprint density at radius 2 is 1.86 bits per heavy atom. The number of halogens is 1. The number of anilines is 2. The maximum atomic E-state index is 13.3. The monoisotopic (exact) mass is 399 g/mol. The highest BCUT2D eigenvalue weighted by atomic mass is 32.2. The number of nitrogens with one attached hydrogen (secondary N) is 1. The normalized spacial score (nSPS) is 11.1. The zero-order valence-corrected chi connectivity index (χ0v) is 15.9. The Morgan fingerprint density at radius 3 is 2.50 bits per heavy atom. The van der Waals surface area contributed by atoms with Crippen molar-refractivity contribution < 1.29 is 17.6 Å². The highest BCUT2D eigenvalue weighted by Crippen LogP contribution is 2.23. The van der Waals surface area contributed by atoms with Crippen molar-refractivity contribution in [2.24, 2.45) is 0 Å². The van der Waals surface area contributed by atoms with Crippen LogP contribution in [0.1, 0.15) is 5.56 Å². The number of benzene rings is 2. The third-order valence-corrected chi connectivity index (χ3v) is 5.68. The summed E-state index contributed by atoms with van der Waals surface area (Å²) < 4.78 is 40.4. The van der Waals surface area contributed by atoms with Gasteiger partial charge in [0, 0.05) is 18.1 Å². The molecule has 3 aromatic rings. The molecule has 0 atom stereocenters. The smallest absolute Gasteiger partial charge is 0.266 e. The van der Waals surface area contributed by atoms with Gasteiger partial charge < -0.3 is 5.32 Å². The van der Waals surface area contributed by atoms with Gasteiger partial charge in [-0.1, -0.05) is 12.1 Å². The molecule has 144 valence electrons. The topological polar surface area (TPSA) is 79.4 Å². The van der Waals surface area contributed by atoms with Crippen LogP contribution in [0.15, 0.2) is 78.0 Å². The van der Waals surface area contributed by atoms with Crippen LogP contribution >= 0.6 is 0 Å². The van der Waals surface area contributed by atoms with E-state index in [9.17, 15) is 17.6 Å². The first-order valence-corrected chi connectivity index (χ1v) is 9.85. The van der Waals surface area contributed by atoms with Gasteiger partial charge in [0.05, 0.1) is 5.69 Å². The molecule has 0 saturated heterocycles. The molecule has 0 aliphatic carbocycles. The summed E-state index contributed by atoms with van der Waals surface area (Å²) in [5.41, 5.74) is 1.68. The van der Waals surface area contributed by atoms with Crippen molar-refractivity contribution in [1.29, 1.82) is 0 Å². The number of aryl methyl sites for hydroxylation is 1. The van der Waals surface area contributed by atoms with Gasteiger partial charge in [-0.3, -0.25) is 14.1 Å². The Bertz CT molecular complexity index is 1070. The van der Waals surface area contributed by atoms with Crippen LogP contribution in [0.3, 0.4) is 0 Å². The molecule has 8 heteroatoms. The standard InChI is InChI=1S/C20H18FN3O3S/c1-15-4-2-5-17(12-15)23-20(25)14-24(18-9-7-16(21)8-10-18)28(26,27)19-6-3-11-22-13-19/h2-13H,14H2,1H3,(H,23,25). The Labute approximate surface area is 162 Å². The quantitative estimate of drug-likeness (QED) is 0.689. The molecule has 0 unspecified atom stereocenters. The van der Waals surface area contributed by atoms with Crippen molar-refractivity contribution in [2.75, 3.05) is 16.2 Å². The zero-order chi connectivity index (χ0) is 20.1. The summed E-state index contributed by atoms with van der Waals surface area (Å²) in [6.45, 7) is 1.41. The molecule has 0 saturated carbocycles. The predicted octanol–water partition coefficient (Wildman–Crippen LogP) is 3.36. The molecule has 1 amide bonds. The van der Waals surface area contributed by atoms with Gasteiger partial charge in [-0.25, -0.2) is 12.8 Å². The van der Waals surface area contributed by atoms with E-state index in [1.165, 1.54) is 36.7 Å². The molecule has 0 aliphatic heterocycles. The number of amides is 1. The van der Waals surface area contributed by atoms with Crippen molar-refractivity contribution >= 4 is 27.3 Å². The van der Waals surface area contributed by atoms with Gasteiger partial charge in [0.1, 0.15) is 17.3 Å². The summed E-state index contributed by atoms with van der Waals surface area (Å²) in [6, 6.07) is 14.9. The van der Waals surface area contributed by atoms with E-state index >= 15 is 0 Å². The van der Waals surface area contributed by atoms with Gasteiger partial charge in [0.2, 0.25) is 5.91 Å². The Morgan fingerprint density at radius 1 is 1.11 bits per heavy atom. The van der Waals surface area contributed by atoms with Crippen LogP contribution in [-0.4, -0.2) is 25.9 Å². The first kappa shape index (κ1) is 19.5. The molecular formula is C20H18FN3O3S. The highest BCUT2D eigenvalue weighted by molar-refractivity contribution is 7.92. The zero-order valence-electron chi connectivity index (χ0n) is 15.0. The molecule has 0 spiro atoms. The molecular weight excluding hydrogens is 381 g/mol. The lowest BCUT2D eigenvalue weighted by Gasteiger charge is -2.24. The molecule has 0 aliphatic rings. The third-order valence-electron chi connectivity index (χ3n) is 3.93. The Kier molecular flexibility index (Phi) is 5.70. The summed E-state index contributed by atoms with van der Waals surface area (Å²) in [6.07, 6.45) is 2.65. The number of aromatic nitrogens is 1. The van der Waals surface area contributed by atoms with Crippen LogP contribution in [0.2, 0.25) is 0 Å². The van der Waals surface area contributed by atoms with Gasteiger partial charge in [0.25, 0.3) is 10.0 Å². The van der Waals surface area contributed by atoms with Crippen molar-refractivity contribution in [2.45, 2.75) is 11.8 Å². The minimum absolute atomic E-state index is 0.0670. The number of nitrogens with zero attached hydrogens (tertiary/aromatic N) is 2. The van der Waals surface area contributed by atoms with E-state index in [2.05, 4.69) is 10.3 Å². The minimum Gasteiger partial charge on any atom is -0.325 e. The molecule has 1 heterocycles. The summed E-state index contributed by atoms with van der Waals surface area (Å²) in [5, 5.41) is 2.68. The van der Waals surface area contributed by atoms with Gasteiger partial charge in [0.15, 0.2) is 0 Å². The van der Waals surface area contributed by atoms with E-state index in [0.717, 1.165) is 22.0 Å². The summed E-state index contributed by atoms with van der Waals surface area (Å²) >= 11 is 0. The number of hydrogen-bond donors (Lipinski definition) is 1. The van der Waals surface area contributed by atoms with Crippen LogP contribution in [0, 0.1) is 12.7 Å². The first-order chi connectivity index (χ1) is 13.4. The predicted molar refractivity (Wildman–Crippen MR) is 105 cm³/mol. The van der Waals surface area contributed by atoms with Crippen molar-refractivity contribution in [1.82, 2.24) is 4.98 Å². The number of pyridine rings is 1. The number of rotatable bonds is 6. The van der Waals surface area contributed by atoms with Crippen molar-refractivity contribution in [3.8, 4) is 0 Å². The van der Waals surface area contributed by atoms with E-state index in [0.29, 0.717) is 5.69 Å². The van der Waals surface area contributed by atoms with Crippen LogP contribution < -0.4 is 9.62 Å². The van der Waals surface area contributed by atoms with Crippen LogP contribution in [0.4, 0.5) is 15.8 Å². The Balaban J connectivity index is 1.92. The summed E-state index contributed by atoms with van der Waals surface area (Å²) in [4.78, 5) is 16.3. The van der Waals surface area contributed by atoms with Crippen LogP contribution in [0.25, 0.3) is 0 Å². The Hall–Kier alpha value is -3.26. The average Bonchev–Trinajstić information content (AvgIpc) is 2.67. The summed E-state index contributed by atoms with van der Waals surface area (Å²) in [5.74, 6) is -1.03. The molecule has 0 radical (unpaired) electrons. The highest BCUT2D eigenvalue weighted by Gasteiger charge is 2.27. The van der Waals surface area contributed by atoms with E-state index in [-0.39, 0.29) is 10.6 Å². The minimum atomic E-state index is -4.07. The fourth-order valence-corrected chi connectivity index (χ4v) is 3.99. The molecule has 28 heavy (non-hydrogen) atoms. The van der Waals surface area contributed by atoms with Crippen molar-refractivity contribution in [3.63, 3.8) is 0 Å². The molecule has 6 nitrogen and oxygen atoms in total. The fraction of sp³-hybridized carbons (Fsp3) is 0.100. The van der Waals surface area contributed by atoms with Gasteiger partial charge in [-0.15, -0.1) is 0 Å². The fourth-order valence-electron chi connectivity index (χ4n) is 2.60. The average molecular weight is 399 g/mol. The summed E-state index contributed by atoms with van der Waals surface area (Å²) in [7, 11) is -4.07. The van der Waals surface area contributed by atoms with Crippen LogP contribution in [0.5, 0.6) is 0 Å². The number of hydrogen-bond acceptors (Lipinski definition) is 4. The third kappa shape index (κ3) is 4.52. The first-order valence-electron chi connectivity index (χ1n) is 8.41. The van der Waals surface area contributed by atoms with E-state index < -0.39 is 28.3 Å². The van der Waals surface area contributed by atoms with Gasteiger partial charge >= 0.3 is 0 Å².